The third kappa shape index (κ3) is 3.78. The molecule has 2 rings (SSSR count). The topological polar surface area (TPSA) is 44.6 Å². The number of aliphatic imine (C=N–C) groups is 1. The summed E-state index contributed by atoms with van der Waals surface area (Å²) in [6.07, 6.45) is 9.27. The monoisotopic (exact) mass is 224 g/mol. The molecule has 16 heavy (non-hydrogen) atoms. The van der Waals surface area contributed by atoms with Crippen molar-refractivity contribution in [2.24, 2.45) is 10.9 Å². The summed E-state index contributed by atoms with van der Waals surface area (Å²) in [5.41, 5.74) is 0. The first kappa shape index (κ1) is 11.9. The number of aliphatic hydroxyl groups excluding tert-OH is 1. The second kappa shape index (κ2) is 6.24. The van der Waals surface area contributed by atoms with Crippen LogP contribution in [-0.4, -0.2) is 30.1 Å². The molecule has 0 aromatic heterocycles. The van der Waals surface area contributed by atoms with E-state index < -0.39 is 0 Å². The molecular formula is C13H24N2O. The number of nitrogens with one attached hydrogen (secondary N) is 1. The average Bonchev–Trinajstić information content (AvgIpc) is 2.57. The molecule has 2 aliphatic rings. The Bertz CT molecular complexity index is 232. The normalized spacial score (nSPS) is 31.7. The van der Waals surface area contributed by atoms with Crippen LogP contribution in [0.5, 0.6) is 0 Å². The van der Waals surface area contributed by atoms with Gasteiger partial charge in [-0.25, -0.2) is 0 Å². The van der Waals surface area contributed by atoms with Crippen LogP contribution in [0.4, 0.5) is 0 Å². The minimum absolute atomic E-state index is 0.0357. The minimum Gasteiger partial charge on any atom is -0.393 e. The third-order valence-electron chi connectivity index (χ3n) is 3.79. The van der Waals surface area contributed by atoms with E-state index in [9.17, 15) is 5.11 Å². The standard InChI is InChI=1S/C13H24N2O/c16-12-7-5-11(6-8-12)10-15-13-4-2-1-3-9-14-13/h11-12,16H,1-10H2,(H,14,15). The molecule has 92 valence electrons. The lowest BCUT2D eigenvalue weighted by atomic mass is 9.87. The summed E-state index contributed by atoms with van der Waals surface area (Å²) >= 11 is 0. The maximum absolute atomic E-state index is 9.44. The smallest absolute Gasteiger partial charge is 0.0963 e. The van der Waals surface area contributed by atoms with Crippen molar-refractivity contribution < 1.29 is 5.11 Å². The molecule has 0 aromatic carbocycles. The molecule has 0 radical (unpaired) electrons. The van der Waals surface area contributed by atoms with Crippen molar-refractivity contribution in [1.82, 2.24) is 5.32 Å². The average molecular weight is 224 g/mol. The number of aliphatic hydroxyl groups is 1. The Morgan fingerprint density at radius 1 is 1.12 bits per heavy atom. The molecule has 0 saturated heterocycles. The van der Waals surface area contributed by atoms with Crippen molar-refractivity contribution in [1.29, 1.82) is 0 Å². The Kier molecular flexibility index (Phi) is 4.64. The van der Waals surface area contributed by atoms with E-state index in [-0.39, 0.29) is 6.10 Å². The lowest BCUT2D eigenvalue weighted by Gasteiger charge is -2.26. The number of amidine groups is 1. The lowest BCUT2D eigenvalue weighted by Crippen LogP contribution is -2.32. The lowest BCUT2D eigenvalue weighted by molar-refractivity contribution is 0.109. The van der Waals surface area contributed by atoms with Crippen LogP contribution in [0.15, 0.2) is 4.99 Å². The van der Waals surface area contributed by atoms with Crippen LogP contribution in [-0.2, 0) is 0 Å². The molecule has 0 amide bonds. The first-order chi connectivity index (χ1) is 7.84. The molecule has 1 fully saturated rings. The Labute approximate surface area is 98.3 Å². The fourth-order valence-electron chi connectivity index (χ4n) is 2.63. The largest absolute Gasteiger partial charge is 0.393 e. The van der Waals surface area contributed by atoms with E-state index in [1.165, 1.54) is 37.9 Å². The molecule has 0 aromatic rings. The predicted molar refractivity (Wildman–Crippen MR) is 66.7 cm³/mol. The summed E-state index contributed by atoms with van der Waals surface area (Å²) in [5, 5.41) is 13.0. The van der Waals surface area contributed by atoms with Crippen molar-refractivity contribution in [3.63, 3.8) is 0 Å². The molecule has 1 aliphatic heterocycles. The highest BCUT2D eigenvalue weighted by Crippen LogP contribution is 2.23. The first-order valence-electron chi connectivity index (χ1n) is 6.80. The van der Waals surface area contributed by atoms with Crippen molar-refractivity contribution in [3.8, 4) is 0 Å². The van der Waals surface area contributed by atoms with Gasteiger partial charge in [0.15, 0.2) is 0 Å². The fraction of sp³-hybridized carbons (Fsp3) is 0.923. The van der Waals surface area contributed by atoms with Gasteiger partial charge in [-0.05, 0) is 44.4 Å². The summed E-state index contributed by atoms with van der Waals surface area (Å²) < 4.78 is 0. The van der Waals surface area contributed by atoms with Crippen LogP contribution in [0, 0.1) is 5.92 Å². The Morgan fingerprint density at radius 3 is 2.75 bits per heavy atom. The second-order valence-electron chi connectivity index (χ2n) is 5.19. The number of hydrogen-bond donors (Lipinski definition) is 2. The van der Waals surface area contributed by atoms with Gasteiger partial charge in [-0.15, -0.1) is 0 Å². The van der Waals surface area contributed by atoms with Crippen LogP contribution in [0.3, 0.4) is 0 Å². The molecule has 1 aliphatic carbocycles. The molecule has 0 spiro atoms. The number of nitrogens with zero attached hydrogens (tertiary/aromatic N) is 1. The van der Waals surface area contributed by atoms with Crippen LogP contribution in [0.1, 0.15) is 51.4 Å². The first-order valence-corrected chi connectivity index (χ1v) is 6.80. The number of hydrogen-bond acceptors (Lipinski definition) is 3. The predicted octanol–water partition coefficient (Wildman–Crippen LogP) is 2.10. The zero-order chi connectivity index (χ0) is 11.2. The summed E-state index contributed by atoms with van der Waals surface area (Å²) in [6.45, 7) is 2.07. The van der Waals surface area contributed by atoms with Crippen molar-refractivity contribution in [3.05, 3.63) is 0 Å². The van der Waals surface area contributed by atoms with Gasteiger partial charge in [0.1, 0.15) is 0 Å². The van der Waals surface area contributed by atoms with E-state index in [1.54, 1.807) is 0 Å². The molecule has 1 saturated carbocycles. The molecule has 0 bridgehead atoms. The summed E-state index contributed by atoms with van der Waals surface area (Å²) in [5.74, 6) is 1.97. The van der Waals surface area contributed by atoms with E-state index in [0.717, 1.165) is 38.3 Å². The Hall–Kier alpha value is -0.570. The van der Waals surface area contributed by atoms with Crippen molar-refractivity contribution >= 4 is 5.84 Å². The Morgan fingerprint density at radius 2 is 1.94 bits per heavy atom. The van der Waals surface area contributed by atoms with Gasteiger partial charge in [0.05, 0.1) is 11.9 Å². The number of rotatable bonds is 2. The summed E-state index contributed by atoms with van der Waals surface area (Å²) in [4.78, 5) is 4.58. The zero-order valence-corrected chi connectivity index (χ0v) is 10.1. The molecular weight excluding hydrogens is 200 g/mol. The maximum atomic E-state index is 9.44. The van der Waals surface area contributed by atoms with Crippen LogP contribution in [0.25, 0.3) is 0 Å². The van der Waals surface area contributed by atoms with E-state index in [1.807, 2.05) is 0 Å². The highest BCUT2D eigenvalue weighted by molar-refractivity contribution is 5.82. The highest BCUT2D eigenvalue weighted by Gasteiger charge is 2.19. The molecule has 2 N–H and O–H groups in total. The summed E-state index contributed by atoms with van der Waals surface area (Å²) in [6, 6.07) is 0. The van der Waals surface area contributed by atoms with Gasteiger partial charge in [0.2, 0.25) is 0 Å². The van der Waals surface area contributed by atoms with Gasteiger partial charge in [0.25, 0.3) is 0 Å². The van der Waals surface area contributed by atoms with Gasteiger partial charge in [-0.1, -0.05) is 6.42 Å². The van der Waals surface area contributed by atoms with E-state index in [0.29, 0.717) is 0 Å². The van der Waals surface area contributed by atoms with Gasteiger partial charge < -0.3 is 10.4 Å². The van der Waals surface area contributed by atoms with Gasteiger partial charge in [-0.2, -0.15) is 0 Å². The maximum Gasteiger partial charge on any atom is 0.0963 e. The highest BCUT2D eigenvalue weighted by atomic mass is 16.3. The van der Waals surface area contributed by atoms with E-state index in [4.69, 9.17) is 0 Å². The van der Waals surface area contributed by atoms with Crippen molar-refractivity contribution in [2.45, 2.75) is 57.5 Å². The van der Waals surface area contributed by atoms with Crippen LogP contribution >= 0.6 is 0 Å². The van der Waals surface area contributed by atoms with Gasteiger partial charge in [0, 0.05) is 19.5 Å². The second-order valence-corrected chi connectivity index (χ2v) is 5.19. The van der Waals surface area contributed by atoms with Gasteiger partial charge in [-0.3, -0.25) is 4.99 Å². The van der Waals surface area contributed by atoms with Crippen molar-refractivity contribution in [2.75, 3.05) is 13.1 Å². The zero-order valence-electron chi connectivity index (χ0n) is 10.1. The Balaban J connectivity index is 1.68. The SMILES string of the molecule is OC1CCC(CNC2=NCCCCC2)CC1. The third-order valence-corrected chi connectivity index (χ3v) is 3.79. The van der Waals surface area contributed by atoms with E-state index >= 15 is 0 Å². The van der Waals surface area contributed by atoms with Crippen LogP contribution < -0.4 is 5.32 Å². The minimum atomic E-state index is -0.0357. The molecule has 3 heteroatoms. The molecule has 0 unspecified atom stereocenters. The van der Waals surface area contributed by atoms with Crippen LogP contribution in [0.2, 0.25) is 0 Å². The quantitative estimate of drug-likeness (QED) is 0.754. The molecule has 0 atom stereocenters. The molecule has 3 nitrogen and oxygen atoms in total. The summed E-state index contributed by atoms with van der Waals surface area (Å²) in [7, 11) is 0. The van der Waals surface area contributed by atoms with Gasteiger partial charge >= 0.3 is 0 Å². The fourth-order valence-corrected chi connectivity index (χ4v) is 2.63. The molecule has 1 heterocycles. The van der Waals surface area contributed by atoms with E-state index in [2.05, 4.69) is 10.3 Å².